The van der Waals surface area contributed by atoms with Gasteiger partial charge in [0, 0.05) is 25.3 Å². The summed E-state index contributed by atoms with van der Waals surface area (Å²) < 4.78 is 5.43. The van der Waals surface area contributed by atoms with E-state index in [2.05, 4.69) is 15.2 Å². The first-order chi connectivity index (χ1) is 15.3. The molecule has 9 nitrogen and oxygen atoms in total. The van der Waals surface area contributed by atoms with E-state index in [1.807, 2.05) is 48.5 Å². The summed E-state index contributed by atoms with van der Waals surface area (Å²) in [7, 11) is 1.77. The number of para-hydroxylation sites is 2. The van der Waals surface area contributed by atoms with Crippen LogP contribution in [0.25, 0.3) is 0 Å². The molecule has 2 aromatic carbocycles. The van der Waals surface area contributed by atoms with Gasteiger partial charge in [0.05, 0.1) is 18.7 Å². The lowest BCUT2D eigenvalue weighted by atomic mass is 10.1. The molecule has 2 amide bonds. The van der Waals surface area contributed by atoms with Gasteiger partial charge in [-0.1, -0.05) is 36.0 Å². The number of rotatable bonds is 4. The Labute approximate surface area is 189 Å². The Kier molecular flexibility index (Phi) is 7.61. The highest BCUT2D eigenvalue weighted by Gasteiger charge is 2.18. The van der Waals surface area contributed by atoms with Crippen molar-refractivity contribution in [2.75, 3.05) is 18.6 Å². The fourth-order valence-corrected chi connectivity index (χ4v) is 3.53. The largest absolute Gasteiger partial charge is 0.491 e. The van der Waals surface area contributed by atoms with E-state index in [9.17, 15) is 14.4 Å². The van der Waals surface area contributed by atoms with E-state index < -0.39 is 5.91 Å². The molecule has 0 unspecified atom stereocenters. The number of nitrogens with zero attached hydrogens (tertiary/aromatic N) is 3. The van der Waals surface area contributed by atoms with Crippen molar-refractivity contribution in [1.82, 2.24) is 15.2 Å². The highest BCUT2D eigenvalue weighted by molar-refractivity contribution is 8.13. The van der Waals surface area contributed by atoms with E-state index in [4.69, 9.17) is 10.5 Å². The predicted molar refractivity (Wildman–Crippen MR) is 121 cm³/mol. The lowest BCUT2D eigenvalue weighted by Gasteiger charge is -2.15. The summed E-state index contributed by atoms with van der Waals surface area (Å²) in [5.41, 5.74) is 6.92. The number of hydrogen-bond donors (Lipinski definition) is 2. The second-order valence-electron chi connectivity index (χ2n) is 6.90. The predicted octanol–water partition coefficient (Wildman–Crippen LogP) is 2.56. The van der Waals surface area contributed by atoms with E-state index in [0.717, 1.165) is 21.9 Å². The molecule has 0 spiro atoms. The number of nitrogens with one attached hydrogen (secondary N) is 1. The van der Waals surface area contributed by atoms with Crippen LogP contribution in [0.2, 0.25) is 0 Å². The number of thioether (sulfide) groups is 1. The summed E-state index contributed by atoms with van der Waals surface area (Å²) in [5.74, 6) is 0.788. The highest BCUT2D eigenvalue weighted by Crippen LogP contribution is 2.29. The van der Waals surface area contributed by atoms with Gasteiger partial charge in [-0.2, -0.15) is 0 Å². The maximum atomic E-state index is 11.4. The third-order valence-corrected chi connectivity index (χ3v) is 5.28. The Balaban J connectivity index is 0.000000193. The molecule has 0 aliphatic carbocycles. The lowest BCUT2D eigenvalue weighted by molar-refractivity contribution is -0.118. The third-order valence-electron chi connectivity index (χ3n) is 4.48. The van der Waals surface area contributed by atoms with Crippen LogP contribution in [0.3, 0.4) is 0 Å². The van der Waals surface area contributed by atoms with E-state index in [-0.39, 0.29) is 16.8 Å². The topological polar surface area (TPSA) is 131 Å². The normalized spacial score (nSPS) is 12.7. The molecule has 0 fully saturated rings. The maximum absolute atomic E-state index is 11.4. The van der Waals surface area contributed by atoms with Gasteiger partial charge >= 0.3 is 0 Å². The van der Waals surface area contributed by atoms with Gasteiger partial charge in [-0.15, -0.1) is 5.10 Å². The summed E-state index contributed by atoms with van der Waals surface area (Å²) >= 11 is 1.19. The number of carbonyl (C=O) groups is 3. The average Bonchev–Trinajstić information content (AvgIpc) is 3.18. The molecule has 1 aliphatic rings. The first kappa shape index (κ1) is 23.0. The molecule has 0 saturated heterocycles. The van der Waals surface area contributed by atoms with E-state index in [1.165, 1.54) is 18.7 Å². The highest BCUT2D eigenvalue weighted by atomic mass is 32.2. The SMILES string of the molecule is CC(=O)Sc1ccc(Cc2nc(C(N)=O)n[nH]2)cc1.CN1C(=O)CCOc2ccccc21. The van der Waals surface area contributed by atoms with Crippen molar-refractivity contribution in [3.63, 3.8) is 0 Å². The fourth-order valence-electron chi connectivity index (χ4n) is 2.93. The molecular formula is C22H23N5O4S. The minimum atomic E-state index is -0.657. The molecule has 166 valence electrons. The van der Waals surface area contributed by atoms with Crippen molar-refractivity contribution in [1.29, 1.82) is 0 Å². The second-order valence-corrected chi connectivity index (χ2v) is 8.15. The fraction of sp³-hybridized carbons (Fsp3) is 0.227. The van der Waals surface area contributed by atoms with Crippen molar-refractivity contribution in [2.24, 2.45) is 5.73 Å². The van der Waals surface area contributed by atoms with Crippen LogP contribution in [0.4, 0.5) is 5.69 Å². The minimum absolute atomic E-state index is 0.0150. The molecule has 0 radical (unpaired) electrons. The van der Waals surface area contributed by atoms with Crippen molar-refractivity contribution in [3.8, 4) is 5.75 Å². The van der Waals surface area contributed by atoms with Gasteiger partial charge in [0.2, 0.25) is 11.7 Å². The summed E-state index contributed by atoms with van der Waals surface area (Å²) in [5, 5.41) is 6.42. The summed E-state index contributed by atoms with van der Waals surface area (Å²) in [6.07, 6.45) is 0.969. The Morgan fingerprint density at radius 2 is 1.91 bits per heavy atom. The number of benzene rings is 2. The molecule has 3 N–H and O–H groups in total. The Morgan fingerprint density at radius 3 is 2.56 bits per heavy atom. The Morgan fingerprint density at radius 1 is 1.19 bits per heavy atom. The van der Waals surface area contributed by atoms with Crippen LogP contribution in [0.15, 0.2) is 53.4 Å². The molecule has 0 bridgehead atoms. The van der Waals surface area contributed by atoms with Crippen LogP contribution in [-0.4, -0.2) is 45.8 Å². The third kappa shape index (κ3) is 6.17. The molecule has 1 aromatic heterocycles. The average molecular weight is 454 g/mol. The quantitative estimate of drug-likeness (QED) is 0.580. The summed E-state index contributed by atoms with van der Waals surface area (Å²) in [4.78, 5) is 39.7. The van der Waals surface area contributed by atoms with Crippen LogP contribution in [0, 0.1) is 0 Å². The van der Waals surface area contributed by atoms with E-state index >= 15 is 0 Å². The zero-order chi connectivity index (χ0) is 23.1. The molecule has 2 heterocycles. The van der Waals surface area contributed by atoms with Crippen molar-refractivity contribution in [2.45, 2.75) is 24.7 Å². The van der Waals surface area contributed by atoms with Crippen LogP contribution in [0.1, 0.15) is 35.4 Å². The number of nitrogens with two attached hydrogens (primary N) is 1. The monoisotopic (exact) mass is 453 g/mol. The van der Waals surface area contributed by atoms with Crippen molar-refractivity contribution in [3.05, 3.63) is 65.7 Å². The number of H-pyrrole nitrogens is 1. The van der Waals surface area contributed by atoms with Crippen LogP contribution in [0.5, 0.6) is 5.75 Å². The first-order valence-corrected chi connectivity index (χ1v) is 10.6. The first-order valence-electron chi connectivity index (χ1n) is 9.80. The second kappa shape index (κ2) is 10.6. The van der Waals surface area contributed by atoms with Gasteiger partial charge in [-0.25, -0.2) is 4.98 Å². The van der Waals surface area contributed by atoms with Gasteiger partial charge in [-0.05, 0) is 29.8 Å². The number of aromatic nitrogens is 3. The molecule has 0 saturated carbocycles. The molecule has 4 rings (SSSR count). The minimum Gasteiger partial charge on any atom is -0.491 e. The van der Waals surface area contributed by atoms with E-state index in [1.54, 1.807) is 11.9 Å². The maximum Gasteiger partial charge on any atom is 0.288 e. The number of ether oxygens (including phenoxy) is 1. The van der Waals surface area contributed by atoms with Crippen LogP contribution in [-0.2, 0) is 16.0 Å². The number of amides is 2. The molecule has 0 atom stereocenters. The number of fused-ring (bicyclic) bond motifs is 1. The lowest BCUT2D eigenvalue weighted by Crippen LogP contribution is -2.24. The van der Waals surface area contributed by atoms with Crippen LogP contribution < -0.4 is 15.4 Å². The zero-order valence-electron chi connectivity index (χ0n) is 17.7. The van der Waals surface area contributed by atoms with Crippen molar-refractivity contribution < 1.29 is 19.1 Å². The van der Waals surface area contributed by atoms with Gasteiger partial charge in [0.15, 0.2) is 5.12 Å². The number of carbonyl (C=O) groups excluding carboxylic acids is 3. The number of anilines is 1. The van der Waals surface area contributed by atoms with Crippen molar-refractivity contribution >= 4 is 34.4 Å². The van der Waals surface area contributed by atoms with Gasteiger partial charge in [0.1, 0.15) is 11.6 Å². The van der Waals surface area contributed by atoms with Gasteiger partial charge < -0.3 is 15.4 Å². The zero-order valence-corrected chi connectivity index (χ0v) is 18.5. The molecule has 10 heteroatoms. The standard InChI is InChI=1S/C12H12N4O2S.C10H11NO2/c1-7(17)19-9-4-2-8(3-5-9)6-10-14-12(11(13)18)16-15-10;1-11-8-4-2-3-5-9(8)13-7-6-10(11)12/h2-5H,6H2,1H3,(H2,13,18)(H,14,15,16);2-5H,6-7H2,1H3. The van der Waals surface area contributed by atoms with E-state index in [0.29, 0.717) is 25.3 Å². The molecular weight excluding hydrogens is 430 g/mol. The van der Waals surface area contributed by atoms with Gasteiger partial charge in [0.25, 0.3) is 5.91 Å². The molecule has 1 aliphatic heterocycles. The number of aromatic amines is 1. The summed E-state index contributed by atoms with van der Waals surface area (Å²) in [6, 6.07) is 15.1. The summed E-state index contributed by atoms with van der Waals surface area (Å²) in [6.45, 7) is 2.00. The molecule has 3 aromatic rings. The number of primary amides is 1. The molecule has 32 heavy (non-hydrogen) atoms. The Bertz CT molecular complexity index is 1110. The van der Waals surface area contributed by atoms with Gasteiger partial charge in [-0.3, -0.25) is 19.5 Å². The number of hydrogen-bond acceptors (Lipinski definition) is 7. The smallest absolute Gasteiger partial charge is 0.288 e. The van der Waals surface area contributed by atoms with Crippen LogP contribution >= 0.6 is 11.8 Å². The Hall–Kier alpha value is -3.66.